The molecule has 1 aliphatic heterocycles. The maximum Gasteiger partial charge on any atom is 0.137 e. The van der Waals surface area contributed by atoms with Crippen LogP contribution in [0, 0.1) is 0 Å². The summed E-state index contributed by atoms with van der Waals surface area (Å²) in [5.74, 6) is 1.11. The predicted octanol–water partition coefficient (Wildman–Crippen LogP) is 2.73. The van der Waals surface area contributed by atoms with E-state index in [0.717, 1.165) is 24.3 Å². The lowest BCUT2D eigenvalue weighted by atomic mass is 9.97. The number of ketones is 1. The molecule has 3 heteroatoms. The quantitative estimate of drug-likeness (QED) is 0.855. The molecule has 0 saturated carbocycles. The van der Waals surface area contributed by atoms with Crippen molar-refractivity contribution in [2.45, 2.75) is 44.6 Å². The molecule has 19 heavy (non-hydrogen) atoms. The largest absolute Gasteiger partial charge is 0.496 e. The molecule has 1 aromatic carbocycles. The number of benzene rings is 1. The second-order valence-electron chi connectivity index (χ2n) is 5.21. The van der Waals surface area contributed by atoms with E-state index < -0.39 is 0 Å². The Bertz CT molecular complexity index is 411. The van der Waals surface area contributed by atoms with Crippen LogP contribution in [-0.4, -0.2) is 25.5 Å². The minimum Gasteiger partial charge on any atom is -0.496 e. The Morgan fingerprint density at radius 2 is 2.21 bits per heavy atom. The monoisotopic (exact) mass is 261 g/mol. The normalized spacial score (nSPS) is 19.1. The SMILES string of the molecule is COc1ccccc1CC(=O)CCC1CCCCN1. The first-order valence-electron chi connectivity index (χ1n) is 7.16. The zero-order valence-corrected chi connectivity index (χ0v) is 11.7. The highest BCUT2D eigenvalue weighted by Crippen LogP contribution is 2.19. The molecule has 0 bridgehead atoms. The van der Waals surface area contributed by atoms with Gasteiger partial charge in [-0.15, -0.1) is 0 Å². The van der Waals surface area contributed by atoms with Crippen LogP contribution in [0.25, 0.3) is 0 Å². The molecule has 1 aromatic rings. The van der Waals surface area contributed by atoms with Crippen molar-refractivity contribution in [3.05, 3.63) is 29.8 Å². The number of piperidine rings is 1. The van der Waals surface area contributed by atoms with Gasteiger partial charge in [-0.05, 0) is 31.9 Å². The van der Waals surface area contributed by atoms with Gasteiger partial charge in [0.15, 0.2) is 0 Å². The molecular weight excluding hydrogens is 238 g/mol. The number of hydrogen-bond donors (Lipinski definition) is 1. The Balaban J connectivity index is 1.80. The number of rotatable bonds is 6. The van der Waals surface area contributed by atoms with E-state index in [-0.39, 0.29) is 0 Å². The van der Waals surface area contributed by atoms with E-state index in [1.165, 1.54) is 19.3 Å². The number of hydrogen-bond acceptors (Lipinski definition) is 3. The third kappa shape index (κ3) is 4.35. The molecule has 2 rings (SSSR count). The summed E-state index contributed by atoms with van der Waals surface area (Å²) in [5.41, 5.74) is 0.992. The summed E-state index contributed by atoms with van der Waals surface area (Å²) in [7, 11) is 1.65. The summed E-state index contributed by atoms with van der Waals surface area (Å²) in [5, 5.41) is 3.48. The fourth-order valence-electron chi connectivity index (χ4n) is 2.66. The van der Waals surface area contributed by atoms with Crippen molar-refractivity contribution >= 4 is 5.78 Å². The predicted molar refractivity (Wildman–Crippen MR) is 76.6 cm³/mol. The molecule has 0 radical (unpaired) electrons. The second-order valence-corrected chi connectivity index (χ2v) is 5.21. The molecule has 0 aliphatic carbocycles. The number of para-hydroxylation sites is 1. The van der Waals surface area contributed by atoms with E-state index in [0.29, 0.717) is 24.7 Å². The zero-order chi connectivity index (χ0) is 13.5. The third-order valence-electron chi connectivity index (χ3n) is 3.76. The van der Waals surface area contributed by atoms with Crippen LogP contribution in [0.3, 0.4) is 0 Å². The Hall–Kier alpha value is -1.35. The molecule has 1 atom stereocenters. The molecule has 1 aliphatic rings. The average Bonchev–Trinajstić information content (AvgIpc) is 2.47. The van der Waals surface area contributed by atoms with Crippen molar-refractivity contribution in [1.29, 1.82) is 0 Å². The standard InChI is InChI=1S/C16H23NO2/c1-19-16-8-3-2-6-13(16)12-15(18)10-9-14-7-4-5-11-17-14/h2-3,6,8,14,17H,4-5,7,9-12H2,1H3. The number of carbonyl (C=O) groups excluding carboxylic acids is 1. The van der Waals surface area contributed by atoms with Crippen LogP contribution in [0.2, 0.25) is 0 Å². The molecule has 1 unspecified atom stereocenters. The van der Waals surface area contributed by atoms with E-state index in [1.807, 2.05) is 24.3 Å². The highest BCUT2D eigenvalue weighted by molar-refractivity contribution is 5.81. The lowest BCUT2D eigenvalue weighted by molar-refractivity contribution is -0.118. The van der Waals surface area contributed by atoms with Crippen molar-refractivity contribution in [3.8, 4) is 5.75 Å². The van der Waals surface area contributed by atoms with E-state index in [4.69, 9.17) is 4.74 Å². The van der Waals surface area contributed by atoms with Gasteiger partial charge in [0.05, 0.1) is 7.11 Å². The second kappa shape index (κ2) is 7.29. The van der Waals surface area contributed by atoms with Crippen LogP contribution >= 0.6 is 0 Å². The van der Waals surface area contributed by atoms with Gasteiger partial charge in [-0.3, -0.25) is 4.79 Å². The Morgan fingerprint density at radius 3 is 2.95 bits per heavy atom. The molecular formula is C16H23NO2. The van der Waals surface area contributed by atoms with Crippen LogP contribution < -0.4 is 10.1 Å². The van der Waals surface area contributed by atoms with Gasteiger partial charge in [0, 0.05) is 24.4 Å². The van der Waals surface area contributed by atoms with Crippen molar-refractivity contribution in [2.24, 2.45) is 0 Å². The average molecular weight is 261 g/mol. The first-order chi connectivity index (χ1) is 9.29. The lowest BCUT2D eigenvalue weighted by Crippen LogP contribution is -2.34. The molecule has 0 amide bonds. The number of carbonyl (C=O) groups is 1. The van der Waals surface area contributed by atoms with Crippen LogP contribution in [0.15, 0.2) is 24.3 Å². The van der Waals surface area contributed by atoms with Gasteiger partial charge >= 0.3 is 0 Å². The van der Waals surface area contributed by atoms with Gasteiger partial charge < -0.3 is 10.1 Å². The number of methoxy groups -OCH3 is 1. The van der Waals surface area contributed by atoms with Crippen LogP contribution in [0.4, 0.5) is 0 Å². The molecule has 104 valence electrons. The van der Waals surface area contributed by atoms with Gasteiger partial charge in [-0.25, -0.2) is 0 Å². The van der Waals surface area contributed by atoms with Gasteiger partial charge in [-0.1, -0.05) is 24.6 Å². The minimum atomic E-state index is 0.303. The maximum absolute atomic E-state index is 12.0. The van der Waals surface area contributed by atoms with E-state index >= 15 is 0 Å². The first-order valence-corrected chi connectivity index (χ1v) is 7.16. The number of ether oxygens (including phenoxy) is 1. The van der Waals surface area contributed by atoms with Crippen LogP contribution in [0.5, 0.6) is 5.75 Å². The summed E-state index contributed by atoms with van der Waals surface area (Å²) >= 11 is 0. The molecule has 0 aromatic heterocycles. The number of Topliss-reactive ketones (excluding diaryl/α,β-unsaturated/α-hetero) is 1. The number of nitrogens with one attached hydrogen (secondary N) is 1. The highest BCUT2D eigenvalue weighted by atomic mass is 16.5. The summed E-state index contributed by atoms with van der Waals surface area (Å²) in [6, 6.07) is 8.29. The topological polar surface area (TPSA) is 38.3 Å². The van der Waals surface area contributed by atoms with E-state index in [9.17, 15) is 4.79 Å². The molecule has 3 nitrogen and oxygen atoms in total. The van der Waals surface area contributed by atoms with Crippen molar-refractivity contribution in [1.82, 2.24) is 5.32 Å². The Morgan fingerprint density at radius 1 is 1.37 bits per heavy atom. The maximum atomic E-state index is 12.0. The summed E-state index contributed by atoms with van der Waals surface area (Å²) in [6.45, 7) is 1.10. The van der Waals surface area contributed by atoms with Crippen molar-refractivity contribution in [3.63, 3.8) is 0 Å². The Labute approximate surface area is 115 Å². The van der Waals surface area contributed by atoms with Gasteiger partial charge in [-0.2, -0.15) is 0 Å². The molecule has 1 fully saturated rings. The fourth-order valence-corrected chi connectivity index (χ4v) is 2.66. The molecule has 1 N–H and O–H groups in total. The Kier molecular flexibility index (Phi) is 5.40. The molecule has 0 spiro atoms. The fraction of sp³-hybridized carbons (Fsp3) is 0.562. The van der Waals surface area contributed by atoms with Crippen LogP contribution in [0.1, 0.15) is 37.7 Å². The summed E-state index contributed by atoms with van der Waals surface area (Å²) in [6.07, 6.45) is 5.88. The van der Waals surface area contributed by atoms with Crippen molar-refractivity contribution < 1.29 is 9.53 Å². The van der Waals surface area contributed by atoms with Gasteiger partial charge in [0.2, 0.25) is 0 Å². The van der Waals surface area contributed by atoms with Crippen LogP contribution in [-0.2, 0) is 11.2 Å². The molecule has 1 heterocycles. The van der Waals surface area contributed by atoms with E-state index in [1.54, 1.807) is 7.11 Å². The van der Waals surface area contributed by atoms with Crippen molar-refractivity contribution in [2.75, 3.05) is 13.7 Å². The minimum absolute atomic E-state index is 0.303. The lowest BCUT2D eigenvalue weighted by Gasteiger charge is -2.23. The summed E-state index contributed by atoms with van der Waals surface area (Å²) in [4.78, 5) is 12.0. The zero-order valence-electron chi connectivity index (χ0n) is 11.7. The van der Waals surface area contributed by atoms with Gasteiger partial charge in [0.25, 0.3) is 0 Å². The molecule has 1 saturated heterocycles. The summed E-state index contributed by atoms with van der Waals surface area (Å²) < 4.78 is 5.28. The third-order valence-corrected chi connectivity index (χ3v) is 3.76. The first kappa shape index (κ1) is 14.1. The smallest absolute Gasteiger partial charge is 0.137 e. The van der Waals surface area contributed by atoms with Gasteiger partial charge in [0.1, 0.15) is 11.5 Å². The highest BCUT2D eigenvalue weighted by Gasteiger charge is 2.15. The van der Waals surface area contributed by atoms with E-state index in [2.05, 4.69) is 5.32 Å².